The number of hydrogen-bond donors (Lipinski definition) is 0. The maximum atomic E-state index is 13.4. The zero-order valence-electron chi connectivity index (χ0n) is 18.6. The van der Waals surface area contributed by atoms with Gasteiger partial charge in [0.25, 0.3) is 11.8 Å². The molecule has 0 saturated heterocycles. The lowest BCUT2D eigenvalue weighted by Gasteiger charge is -2.28. The number of rotatable bonds is 8. The molecule has 1 atom stereocenters. The largest absolute Gasteiger partial charge is 0.461 e. The molecule has 10 heteroatoms. The number of carbonyl (C=O) groups is 1. The highest BCUT2D eigenvalue weighted by atomic mass is 19.3. The van der Waals surface area contributed by atoms with E-state index in [0.717, 1.165) is 24.9 Å². The quantitative estimate of drug-likeness (QED) is 0.513. The molecule has 2 heterocycles. The van der Waals surface area contributed by atoms with Crippen LogP contribution >= 0.6 is 0 Å². The number of aromatic nitrogens is 4. The second-order valence-electron chi connectivity index (χ2n) is 7.52. The molecule has 2 aromatic heterocycles. The molecule has 0 aliphatic rings. The smallest absolute Gasteiger partial charge is 0.316 e. The molecule has 8 nitrogen and oxygen atoms in total. The summed E-state index contributed by atoms with van der Waals surface area (Å²) >= 11 is 0. The van der Waals surface area contributed by atoms with E-state index < -0.39 is 5.92 Å². The molecule has 0 aliphatic carbocycles. The number of aryl methyl sites for hydroxylation is 2. The molecule has 1 amide bonds. The minimum Gasteiger partial charge on any atom is -0.461 e. The maximum Gasteiger partial charge on any atom is 0.316 e. The van der Waals surface area contributed by atoms with E-state index in [0.29, 0.717) is 23.6 Å². The second kappa shape index (κ2) is 9.37. The van der Waals surface area contributed by atoms with Crippen LogP contribution in [0.15, 0.2) is 35.0 Å². The molecule has 0 bridgehead atoms. The normalized spacial score (nSPS) is 12.5. The van der Waals surface area contributed by atoms with Crippen molar-refractivity contribution in [2.24, 2.45) is 0 Å². The zero-order valence-corrected chi connectivity index (χ0v) is 18.6. The summed E-state index contributed by atoms with van der Waals surface area (Å²) in [6, 6.07) is 5.00. The van der Waals surface area contributed by atoms with Gasteiger partial charge in [0.05, 0.1) is 22.7 Å². The van der Waals surface area contributed by atoms with Crippen LogP contribution in [0.3, 0.4) is 0 Å². The molecule has 32 heavy (non-hydrogen) atoms. The van der Waals surface area contributed by atoms with E-state index in [1.807, 2.05) is 26.8 Å². The van der Waals surface area contributed by atoms with Crippen molar-refractivity contribution in [1.82, 2.24) is 25.1 Å². The Morgan fingerprint density at radius 3 is 2.47 bits per heavy atom. The summed E-state index contributed by atoms with van der Waals surface area (Å²) < 4.78 is 37.7. The van der Waals surface area contributed by atoms with Gasteiger partial charge in [-0.05, 0) is 32.4 Å². The number of alkyl halides is 2. The lowest BCUT2D eigenvalue weighted by molar-refractivity contribution is 0.0165. The van der Waals surface area contributed by atoms with Crippen LogP contribution in [0, 0.1) is 13.8 Å². The molecule has 0 spiro atoms. The van der Waals surface area contributed by atoms with Crippen LogP contribution in [0.4, 0.5) is 8.78 Å². The summed E-state index contributed by atoms with van der Waals surface area (Å²) in [7, 11) is 0. The summed E-state index contributed by atoms with van der Waals surface area (Å²) in [4.78, 5) is 22.7. The van der Waals surface area contributed by atoms with Crippen molar-refractivity contribution >= 4 is 5.91 Å². The molecule has 170 valence electrons. The van der Waals surface area contributed by atoms with Crippen molar-refractivity contribution in [2.45, 2.75) is 46.6 Å². The standard InChI is InChI=1S/C22H25F2N5O3/c1-6-29(14(3)12-31-21-25-10-16(11-26-21)22(5,23)24)20(30)17-9-7-8-13(2)18(17)19-28-27-15(4)32-19/h7-11,14H,6,12H2,1-5H3/t14-/m0/s1. The summed E-state index contributed by atoms with van der Waals surface area (Å²) in [5, 5.41) is 7.93. The number of hydrogen-bond acceptors (Lipinski definition) is 7. The first-order valence-corrected chi connectivity index (χ1v) is 10.2. The van der Waals surface area contributed by atoms with Gasteiger partial charge in [-0.2, -0.15) is 0 Å². The Balaban J connectivity index is 1.77. The van der Waals surface area contributed by atoms with Gasteiger partial charge in [0.15, 0.2) is 0 Å². The van der Waals surface area contributed by atoms with Gasteiger partial charge in [-0.3, -0.25) is 4.79 Å². The molecule has 0 saturated carbocycles. The van der Waals surface area contributed by atoms with Gasteiger partial charge in [-0.1, -0.05) is 12.1 Å². The number of likely N-dealkylation sites (N-methyl/N-ethyl adjacent to an activating group) is 1. The van der Waals surface area contributed by atoms with Gasteiger partial charge in [-0.15, -0.1) is 10.2 Å². The van der Waals surface area contributed by atoms with E-state index in [9.17, 15) is 13.6 Å². The van der Waals surface area contributed by atoms with Crippen molar-refractivity contribution in [1.29, 1.82) is 0 Å². The van der Waals surface area contributed by atoms with Gasteiger partial charge in [-0.25, -0.2) is 18.7 Å². The topological polar surface area (TPSA) is 94.2 Å². The molecule has 0 fully saturated rings. The minimum atomic E-state index is -3.03. The number of amides is 1. The maximum absolute atomic E-state index is 13.4. The highest BCUT2D eigenvalue weighted by Gasteiger charge is 2.27. The second-order valence-corrected chi connectivity index (χ2v) is 7.52. The van der Waals surface area contributed by atoms with Crippen LogP contribution in [-0.4, -0.2) is 50.2 Å². The molecule has 3 aromatic rings. The van der Waals surface area contributed by atoms with Crippen molar-refractivity contribution < 1.29 is 22.7 Å². The third-order valence-electron chi connectivity index (χ3n) is 4.97. The number of halogens is 2. The van der Waals surface area contributed by atoms with Crippen LogP contribution in [0.5, 0.6) is 6.01 Å². The lowest BCUT2D eigenvalue weighted by Crippen LogP contribution is -2.42. The van der Waals surface area contributed by atoms with E-state index >= 15 is 0 Å². The molecule has 0 N–H and O–H groups in total. The Labute approximate surface area is 184 Å². The molecule has 0 radical (unpaired) electrons. The first kappa shape index (κ1) is 23.2. The van der Waals surface area contributed by atoms with E-state index in [-0.39, 0.29) is 36.0 Å². The summed E-state index contributed by atoms with van der Waals surface area (Å²) in [5.41, 5.74) is 1.56. The van der Waals surface area contributed by atoms with Gasteiger partial charge in [0.2, 0.25) is 11.8 Å². The number of nitrogens with zero attached hydrogens (tertiary/aromatic N) is 5. The molecular formula is C22H25F2N5O3. The van der Waals surface area contributed by atoms with E-state index in [4.69, 9.17) is 9.15 Å². The lowest BCUT2D eigenvalue weighted by atomic mass is 10.00. The summed E-state index contributed by atoms with van der Waals surface area (Å²) in [5.74, 6) is -2.56. The first-order valence-electron chi connectivity index (χ1n) is 10.2. The predicted molar refractivity (Wildman–Crippen MR) is 112 cm³/mol. The SMILES string of the molecule is CCN(C(=O)c1cccc(C)c1-c1nnc(C)o1)[C@@H](C)COc1ncc(C(C)(F)F)cn1. The molecule has 0 unspecified atom stereocenters. The zero-order chi connectivity index (χ0) is 23.5. The Kier molecular flexibility index (Phi) is 6.81. The average molecular weight is 445 g/mol. The molecule has 1 aromatic carbocycles. The summed E-state index contributed by atoms with van der Waals surface area (Å²) in [6.45, 7) is 8.51. The number of carbonyl (C=O) groups excluding carboxylic acids is 1. The third kappa shape index (κ3) is 5.06. The Morgan fingerprint density at radius 1 is 1.22 bits per heavy atom. The Morgan fingerprint density at radius 2 is 1.91 bits per heavy atom. The van der Waals surface area contributed by atoms with Gasteiger partial charge in [0, 0.05) is 32.8 Å². The fourth-order valence-corrected chi connectivity index (χ4v) is 3.24. The van der Waals surface area contributed by atoms with Gasteiger partial charge in [0.1, 0.15) is 6.61 Å². The highest BCUT2D eigenvalue weighted by Crippen LogP contribution is 2.28. The van der Waals surface area contributed by atoms with Crippen LogP contribution in [-0.2, 0) is 5.92 Å². The van der Waals surface area contributed by atoms with Gasteiger partial charge < -0.3 is 14.1 Å². The number of benzene rings is 1. The van der Waals surface area contributed by atoms with E-state index in [1.54, 1.807) is 24.0 Å². The first-order chi connectivity index (χ1) is 15.1. The molecule has 0 aliphatic heterocycles. The van der Waals surface area contributed by atoms with Crippen molar-refractivity contribution in [3.05, 3.63) is 53.2 Å². The van der Waals surface area contributed by atoms with Crippen LogP contribution in [0.25, 0.3) is 11.5 Å². The fraction of sp³-hybridized carbons (Fsp3) is 0.409. The van der Waals surface area contributed by atoms with Crippen molar-refractivity contribution in [3.8, 4) is 17.5 Å². The van der Waals surface area contributed by atoms with E-state index in [1.165, 1.54) is 0 Å². The highest BCUT2D eigenvalue weighted by molar-refractivity contribution is 6.00. The third-order valence-corrected chi connectivity index (χ3v) is 4.97. The fourth-order valence-electron chi connectivity index (χ4n) is 3.24. The van der Waals surface area contributed by atoms with Crippen LogP contribution in [0.2, 0.25) is 0 Å². The van der Waals surface area contributed by atoms with Crippen LogP contribution in [0.1, 0.15) is 48.1 Å². The Bertz CT molecular complexity index is 1080. The average Bonchev–Trinajstić information content (AvgIpc) is 3.18. The summed E-state index contributed by atoms with van der Waals surface area (Å²) in [6.07, 6.45) is 2.06. The van der Waals surface area contributed by atoms with Crippen LogP contribution < -0.4 is 4.74 Å². The van der Waals surface area contributed by atoms with Crippen molar-refractivity contribution in [2.75, 3.05) is 13.2 Å². The van der Waals surface area contributed by atoms with E-state index in [2.05, 4.69) is 20.2 Å². The Hall–Kier alpha value is -3.43. The molecule has 3 rings (SSSR count). The monoisotopic (exact) mass is 445 g/mol. The van der Waals surface area contributed by atoms with Gasteiger partial charge >= 0.3 is 6.01 Å². The molecular weight excluding hydrogens is 420 g/mol. The van der Waals surface area contributed by atoms with Crippen molar-refractivity contribution in [3.63, 3.8) is 0 Å². The minimum absolute atomic E-state index is 0.0362. The number of ether oxygens (including phenoxy) is 1. The predicted octanol–water partition coefficient (Wildman–Crippen LogP) is 4.18.